The normalized spacial score (nSPS) is 16.0. The van der Waals surface area contributed by atoms with Crippen LogP contribution < -0.4 is 4.90 Å². The molecule has 25 heavy (non-hydrogen) atoms. The number of amides is 1. The number of nitrogens with zero attached hydrogens (tertiary/aromatic N) is 2. The first-order valence-electron chi connectivity index (χ1n) is 8.40. The van der Waals surface area contributed by atoms with Crippen LogP contribution in [-0.4, -0.2) is 43.3 Å². The first-order chi connectivity index (χ1) is 11.6. The zero-order valence-electron chi connectivity index (χ0n) is 15.1. The van der Waals surface area contributed by atoms with E-state index in [1.54, 1.807) is 16.8 Å². The number of likely N-dealkylation sites (tertiary alicyclic amines) is 1. The van der Waals surface area contributed by atoms with E-state index < -0.39 is 17.2 Å². The molecule has 0 saturated carbocycles. The lowest BCUT2D eigenvalue weighted by Gasteiger charge is -2.35. The summed E-state index contributed by atoms with van der Waals surface area (Å²) < 4.78 is 33.9. The number of anilines is 1. The molecular weight excluding hydrogens is 394 g/mol. The Morgan fingerprint density at radius 2 is 1.80 bits per heavy atom. The standard InChI is InChI=1S/C18H25BrF2N2O2/c1-18(2,3)25-17(24)23-7-5-12(6-8-23)11-22(4)16-14(20)9-13(19)10-15(16)21/h9-10,12H,5-8,11H2,1-4H3. The van der Waals surface area contributed by atoms with Crippen LogP contribution in [0.15, 0.2) is 16.6 Å². The number of hydrogen-bond acceptors (Lipinski definition) is 3. The van der Waals surface area contributed by atoms with Crippen molar-refractivity contribution < 1.29 is 18.3 Å². The van der Waals surface area contributed by atoms with E-state index in [0.717, 1.165) is 12.8 Å². The van der Waals surface area contributed by atoms with E-state index in [2.05, 4.69) is 15.9 Å². The van der Waals surface area contributed by atoms with Crippen molar-refractivity contribution in [2.24, 2.45) is 5.92 Å². The molecule has 1 aromatic carbocycles. The highest BCUT2D eigenvalue weighted by Crippen LogP contribution is 2.28. The maximum atomic E-state index is 14.1. The maximum absolute atomic E-state index is 14.1. The summed E-state index contributed by atoms with van der Waals surface area (Å²) in [5, 5.41) is 0. The second kappa shape index (κ2) is 7.89. The molecule has 0 N–H and O–H groups in total. The van der Waals surface area contributed by atoms with Gasteiger partial charge in [-0.3, -0.25) is 0 Å². The van der Waals surface area contributed by atoms with Crippen LogP contribution in [0.4, 0.5) is 19.3 Å². The Kier molecular flexibility index (Phi) is 6.30. The number of benzene rings is 1. The van der Waals surface area contributed by atoms with Crippen molar-refractivity contribution in [2.75, 3.05) is 31.6 Å². The number of halogens is 3. The summed E-state index contributed by atoms with van der Waals surface area (Å²) in [5.74, 6) is -0.896. The molecule has 7 heteroatoms. The van der Waals surface area contributed by atoms with Gasteiger partial charge in [0.25, 0.3) is 0 Å². The Bertz CT molecular complexity index is 603. The summed E-state index contributed by atoms with van der Waals surface area (Å²) in [5.41, 5.74) is -0.525. The fourth-order valence-electron chi connectivity index (χ4n) is 3.00. The summed E-state index contributed by atoms with van der Waals surface area (Å²) in [6.07, 6.45) is 1.26. The molecule has 2 rings (SSSR count). The monoisotopic (exact) mass is 418 g/mol. The molecule has 1 saturated heterocycles. The number of piperidine rings is 1. The molecular formula is C18H25BrF2N2O2. The fourth-order valence-corrected chi connectivity index (χ4v) is 3.40. The van der Waals surface area contributed by atoms with Gasteiger partial charge in [0.2, 0.25) is 0 Å². The average Bonchev–Trinajstić information content (AvgIpc) is 2.44. The molecule has 1 fully saturated rings. The van der Waals surface area contributed by atoms with E-state index >= 15 is 0 Å². The van der Waals surface area contributed by atoms with Crippen LogP contribution in [0.1, 0.15) is 33.6 Å². The SMILES string of the molecule is CN(CC1CCN(C(=O)OC(C)(C)C)CC1)c1c(F)cc(Br)cc1F. The third kappa shape index (κ3) is 5.56. The second-order valence-electron chi connectivity index (χ2n) is 7.51. The molecule has 0 spiro atoms. The Hall–Kier alpha value is -1.37. The Morgan fingerprint density at radius 3 is 2.28 bits per heavy atom. The molecule has 1 aromatic rings. The van der Waals surface area contributed by atoms with Crippen LogP contribution in [0.2, 0.25) is 0 Å². The first kappa shape index (κ1) is 19.9. The van der Waals surface area contributed by atoms with Crippen LogP contribution in [-0.2, 0) is 4.74 Å². The van der Waals surface area contributed by atoms with Gasteiger partial charge in [0, 0.05) is 31.2 Å². The van der Waals surface area contributed by atoms with E-state index in [0.29, 0.717) is 24.1 Å². The number of ether oxygens (including phenoxy) is 1. The molecule has 0 atom stereocenters. The molecule has 4 nitrogen and oxygen atoms in total. The number of rotatable bonds is 3. The van der Waals surface area contributed by atoms with Gasteiger partial charge < -0.3 is 14.5 Å². The molecule has 1 heterocycles. The highest BCUT2D eigenvalue weighted by atomic mass is 79.9. The predicted octanol–water partition coefficient (Wildman–Crippen LogP) is 4.81. The smallest absolute Gasteiger partial charge is 0.410 e. The molecule has 0 unspecified atom stereocenters. The number of carbonyl (C=O) groups is 1. The topological polar surface area (TPSA) is 32.8 Å². The van der Waals surface area contributed by atoms with E-state index in [1.165, 1.54) is 12.1 Å². The quantitative estimate of drug-likeness (QED) is 0.705. The number of carbonyl (C=O) groups excluding carboxylic acids is 1. The molecule has 0 aliphatic carbocycles. The van der Waals surface area contributed by atoms with Crippen molar-refractivity contribution in [2.45, 2.75) is 39.2 Å². The van der Waals surface area contributed by atoms with E-state index in [1.807, 2.05) is 20.8 Å². The van der Waals surface area contributed by atoms with Gasteiger partial charge in [-0.1, -0.05) is 15.9 Å². The van der Waals surface area contributed by atoms with Crippen molar-refractivity contribution in [1.29, 1.82) is 0 Å². The molecule has 0 radical (unpaired) electrons. The molecule has 1 amide bonds. The Labute approximate surface area is 156 Å². The van der Waals surface area contributed by atoms with Crippen LogP contribution in [0.5, 0.6) is 0 Å². The first-order valence-corrected chi connectivity index (χ1v) is 9.19. The van der Waals surface area contributed by atoms with Gasteiger partial charge >= 0.3 is 6.09 Å². The summed E-state index contributed by atoms with van der Waals surface area (Å²) in [6.45, 7) is 7.25. The molecule has 1 aliphatic heterocycles. The largest absolute Gasteiger partial charge is 0.444 e. The summed E-state index contributed by atoms with van der Waals surface area (Å²) in [4.78, 5) is 15.4. The van der Waals surface area contributed by atoms with E-state index in [9.17, 15) is 13.6 Å². The molecule has 0 bridgehead atoms. The number of hydrogen-bond donors (Lipinski definition) is 0. The van der Waals surface area contributed by atoms with Crippen molar-refractivity contribution >= 4 is 27.7 Å². The molecule has 140 valence electrons. The van der Waals surface area contributed by atoms with E-state index in [-0.39, 0.29) is 17.7 Å². The highest BCUT2D eigenvalue weighted by Gasteiger charge is 2.28. The van der Waals surface area contributed by atoms with Gasteiger partial charge in [-0.05, 0) is 51.7 Å². The lowest BCUT2D eigenvalue weighted by atomic mass is 9.96. The van der Waals surface area contributed by atoms with Gasteiger partial charge in [-0.15, -0.1) is 0 Å². The highest BCUT2D eigenvalue weighted by molar-refractivity contribution is 9.10. The van der Waals surface area contributed by atoms with Crippen LogP contribution >= 0.6 is 15.9 Å². The van der Waals surface area contributed by atoms with Crippen LogP contribution in [0, 0.1) is 17.6 Å². The predicted molar refractivity (Wildman–Crippen MR) is 97.9 cm³/mol. The molecule has 0 aromatic heterocycles. The lowest BCUT2D eigenvalue weighted by molar-refractivity contribution is 0.0186. The second-order valence-corrected chi connectivity index (χ2v) is 8.43. The van der Waals surface area contributed by atoms with Gasteiger partial charge in [0.05, 0.1) is 0 Å². The Morgan fingerprint density at radius 1 is 1.28 bits per heavy atom. The van der Waals surface area contributed by atoms with Crippen molar-refractivity contribution in [1.82, 2.24) is 4.90 Å². The minimum atomic E-state index is -0.583. The fraction of sp³-hybridized carbons (Fsp3) is 0.611. The van der Waals surface area contributed by atoms with Gasteiger partial charge in [0.15, 0.2) is 11.6 Å². The lowest BCUT2D eigenvalue weighted by Crippen LogP contribution is -2.43. The third-order valence-electron chi connectivity index (χ3n) is 4.16. The van der Waals surface area contributed by atoms with Crippen LogP contribution in [0.3, 0.4) is 0 Å². The Balaban J connectivity index is 1.91. The van der Waals surface area contributed by atoms with Gasteiger partial charge in [0.1, 0.15) is 11.3 Å². The van der Waals surface area contributed by atoms with Crippen molar-refractivity contribution in [3.63, 3.8) is 0 Å². The summed E-state index contributed by atoms with van der Waals surface area (Å²) in [7, 11) is 1.69. The van der Waals surface area contributed by atoms with Gasteiger partial charge in [-0.2, -0.15) is 0 Å². The summed E-state index contributed by atoms with van der Waals surface area (Å²) in [6, 6.07) is 2.53. The zero-order valence-corrected chi connectivity index (χ0v) is 16.7. The van der Waals surface area contributed by atoms with Crippen LogP contribution in [0.25, 0.3) is 0 Å². The zero-order chi connectivity index (χ0) is 18.8. The maximum Gasteiger partial charge on any atom is 0.410 e. The molecule has 1 aliphatic rings. The summed E-state index contributed by atoms with van der Waals surface area (Å²) >= 11 is 3.09. The van der Waals surface area contributed by atoms with Gasteiger partial charge in [-0.25, -0.2) is 13.6 Å². The minimum Gasteiger partial charge on any atom is -0.444 e. The average molecular weight is 419 g/mol. The van der Waals surface area contributed by atoms with E-state index in [4.69, 9.17) is 4.74 Å². The van der Waals surface area contributed by atoms with Crippen molar-refractivity contribution in [3.8, 4) is 0 Å². The minimum absolute atomic E-state index is 0.0160. The van der Waals surface area contributed by atoms with Crippen molar-refractivity contribution in [3.05, 3.63) is 28.2 Å². The third-order valence-corrected chi connectivity index (χ3v) is 4.62.